The third-order valence-corrected chi connectivity index (χ3v) is 3.05. The lowest BCUT2D eigenvalue weighted by Crippen LogP contribution is -2.45. The molecule has 0 aromatic heterocycles. The van der Waals surface area contributed by atoms with E-state index in [0.29, 0.717) is 18.1 Å². The van der Waals surface area contributed by atoms with Crippen molar-refractivity contribution in [2.75, 3.05) is 13.7 Å². The molecule has 16 heavy (non-hydrogen) atoms. The van der Waals surface area contributed by atoms with Gasteiger partial charge >= 0.3 is 0 Å². The SMILES string of the molecule is CCC(N)(COC)Cc1ccc(F)cc1Cl. The van der Waals surface area contributed by atoms with E-state index in [1.165, 1.54) is 12.1 Å². The first-order valence-corrected chi connectivity index (χ1v) is 5.60. The summed E-state index contributed by atoms with van der Waals surface area (Å²) in [6.45, 7) is 2.45. The molecule has 0 aliphatic heterocycles. The maximum absolute atomic E-state index is 12.9. The van der Waals surface area contributed by atoms with Crippen LogP contribution in [0.4, 0.5) is 4.39 Å². The van der Waals surface area contributed by atoms with Crippen molar-refractivity contribution < 1.29 is 9.13 Å². The van der Waals surface area contributed by atoms with Crippen LogP contribution in [0.1, 0.15) is 18.9 Å². The van der Waals surface area contributed by atoms with E-state index in [9.17, 15) is 4.39 Å². The molecule has 2 nitrogen and oxygen atoms in total. The van der Waals surface area contributed by atoms with Crippen molar-refractivity contribution in [2.24, 2.45) is 5.73 Å². The first kappa shape index (κ1) is 13.4. The summed E-state index contributed by atoms with van der Waals surface area (Å²) < 4.78 is 18.0. The van der Waals surface area contributed by atoms with E-state index >= 15 is 0 Å². The topological polar surface area (TPSA) is 35.2 Å². The molecule has 1 rings (SSSR count). The van der Waals surface area contributed by atoms with Crippen molar-refractivity contribution in [1.82, 2.24) is 0 Å². The van der Waals surface area contributed by atoms with Crippen LogP contribution in [0.25, 0.3) is 0 Å². The fourth-order valence-corrected chi connectivity index (χ4v) is 1.84. The maximum atomic E-state index is 12.9. The molecule has 0 saturated carbocycles. The summed E-state index contributed by atoms with van der Waals surface area (Å²) in [6, 6.07) is 4.37. The molecule has 4 heteroatoms. The number of hydrogen-bond donors (Lipinski definition) is 1. The van der Waals surface area contributed by atoms with Crippen molar-refractivity contribution in [2.45, 2.75) is 25.3 Å². The highest BCUT2D eigenvalue weighted by molar-refractivity contribution is 6.31. The van der Waals surface area contributed by atoms with Crippen molar-refractivity contribution >= 4 is 11.6 Å². The average Bonchev–Trinajstić information content (AvgIpc) is 2.23. The summed E-state index contributed by atoms with van der Waals surface area (Å²) >= 11 is 5.96. The molecular formula is C12H17ClFNO. The number of hydrogen-bond acceptors (Lipinski definition) is 2. The first-order valence-electron chi connectivity index (χ1n) is 5.22. The highest BCUT2D eigenvalue weighted by atomic mass is 35.5. The number of benzene rings is 1. The number of halogens is 2. The highest BCUT2D eigenvalue weighted by Gasteiger charge is 2.24. The Labute approximate surface area is 101 Å². The third kappa shape index (κ3) is 3.44. The second-order valence-corrected chi connectivity index (χ2v) is 4.47. The molecule has 2 N–H and O–H groups in total. The van der Waals surface area contributed by atoms with Gasteiger partial charge in [-0.1, -0.05) is 24.6 Å². The van der Waals surface area contributed by atoms with Gasteiger partial charge in [0.2, 0.25) is 0 Å². The number of rotatable bonds is 5. The molecule has 1 aromatic carbocycles. The van der Waals surface area contributed by atoms with Gasteiger partial charge in [0.15, 0.2) is 0 Å². The molecule has 0 aliphatic carbocycles. The number of ether oxygens (including phenoxy) is 1. The third-order valence-electron chi connectivity index (χ3n) is 2.69. The molecule has 0 fully saturated rings. The molecule has 0 bridgehead atoms. The van der Waals surface area contributed by atoms with E-state index in [1.54, 1.807) is 13.2 Å². The Morgan fingerprint density at radius 2 is 2.19 bits per heavy atom. The zero-order chi connectivity index (χ0) is 12.2. The Morgan fingerprint density at radius 1 is 1.50 bits per heavy atom. The van der Waals surface area contributed by atoms with E-state index in [1.807, 2.05) is 6.92 Å². The maximum Gasteiger partial charge on any atom is 0.124 e. The Balaban J connectivity index is 2.85. The second-order valence-electron chi connectivity index (χ2n) is 4.06. The second kappa shape index (κ2) is 5.62. The van der Waals surface area contributed by atoms with E-state index in [-0.39, 0.29) is 5.82 Å². The quantitative estimate of drug-likeness (QED) is 0.866. The molecule has 0 radical (unpaired) electrons. The molecule has 0 heterocycles. The van der Waals surface area contributed by atoms with Crippen molar-refractivity contribution in [3.05, 3.63) is 34.6 Å². The van der Waals surface area contributed by atoms with E-state index < -0.39 is 5.54 Å². The predicted octanol–water partition coefficient (Wildman–Crippen LogP) is 2.78. The normalized spacial score (nSPS) is 14.8. The lowest BCUT2D eigenvalue weighted by Gasteiger charge is -2.27. The minimum absolute atomic E-state index is 0.334. The minimum Gasteiger partial charge on any atom is -0.383 e. The fraction of sp³-hybridized carbons (Fsp3) is 0.500. The molecule has 90 valence electrons. The van der Waals surface area contributed by atoms with Crippen LogP contribution >= 0.6 is 11.6 Å². The Hall–Kier alpha value is -0.640. The molecule has 1 aromatic rings. The smallest absolute Gasteiger partial charge is 0.124 e. The van der Waals surface area contributed by atoms with Crippen molar-refractivity contribution in [3.63, 3.8) is 0 Å². The van der Waals surface area contributed by atoms with Crippen LogP contribution in [0.5, 0.6) is 0 Å². The Kier molecular flexibility index (Phi) is 4.71. The van der Waals surface area contributed by atoms with Crippen molar-refractivity contribution in [3.8, 4) is 0 Å². The monoisotopic (exact) mass is 245 g/mol. The number of methoxy groups -OCH3 is 1. The standard InChI is InChI=1S/C12H17ClFNO/c1-3-12(15,8-16-2)7-9-4-5-10(14)6-11(9)13/h4-6H,3,7-8,15H2,1-2H3. The fourth-order valence-electron chi connectivity index (χ4n) is 1.61. The van der Waals surface area contributed by atoms with Crippen LogP contribution in [0.15, 0.2) is 18.2 Å². The highest BCUT2D eigenvalue weighted by Crippen LogP contribution is 2.23. The van der Waals surface area contributed by atoms with Gasteiger partial charge in [-0.15, -0.1) is 0 Å². The van der Waals surface area contributed by atoms with Crippen molar-refractivity contribution in [1.29, 1.82) is 0 Å². The van der Waals surface area contributed by atoms with Gasteiger partial charge in [0.05, 0.1) is 6.61 Å². The molecular weight excluding hydrogens is 229 g/mol. The van der Waals surface area contributed by atoms with E-state index in [2.05, 4.69) is 0 Å². The molecule has 0 saturated heterocycles. The van der Waals surface area contributed by atoms with Gasteiger partial charge in [0.25, 0.3) is 0 Å². The van der Waals surface area contributed by atoms with Gasteiger partial charge in [-0.2, -0.15) is 0 Å². The van der Waals surface area contributed by atoms with E-state index in [0.717, 1.165) is 12.0 Å². The Morgan fingerprint density at radius 3 is 2.69 bits per heavy atom. The molecule has 0 aliphatic rings. The van der Waals surface area contributed by atoms with Gasteiger partial charge in [-0.25, -0.2) is 4.39 Å². The average molecular weight is 246 g/mol. The minimum atomic E-state index is -0.448. The van der Waals surface area contributed by atoms with Crippen LogP contribution in [0.3, 0.4) is 0 Å². The van der Waals surface area contributed by atoms with Crippen LogP contribution < -0.4 is 5.73 Å². The van der Waals surface area contributed by atoms with Gasteiger partial charge in [0, 0.05) is 17.7 Å². The molecule has 0 amide bonds. The lowest BCUT2D eigenvalue weighted by atomic mass is 9.90. The summed E-state index contributed by atoms with van der Waals surface area (Å²) in [7, 11) is 1.61. The van der Waals surface area contributed by atoms with Gasteiger partial charge in [0.1, 0.15) is 5.82 Å². The Bertz CT molecular complexity index is 359. The summed E-state index contributed by atoms with van der Waals surface area (Å²) in [4.78, 5) is 0. The van der Waals surface area contributed by atoms with Crippen LogP contribution in [-0.4, -0.2) is 19.3 Å². The van der Waals surface area contributed by atoms with Crippen LogP contribution in [0.2, 0.25) is 5.02 Å². The summed E-state index contributed by atoms with van der Waals surface area (Å²) in [5.74, 6) is -0.334. The van der Waals surface area contributed by atoms with Crippen LogP contribution in [-0.2, 0) is 11.2 Å². The summed E-state index contributed by atoms with van der Waals surface area (Å²) in [6.07, 6.45) is 1.35. The summed E-state index contributed by atoms with van der Waals surface area (Å²) in [5, 5.41) is 0.416. The molecule has 0 spiro atoms. The molecule has 1 unspecified atom stereocenters. The zero-order valence-electron chi connectivity index (χ0n) is 9.59. The van der Waals surface area contributed by atoms with Gasteiger partial charge < -0.3 is 10.5 Å². The number of nitrogens with two attached hydrogens (primary N) is 1. The van der Waals surface area contributed by atoms with E-state index in [4.69, 9.17) is 22.1 Å². The van der Waals surface area contributed by atoms with Gasteiger partial charge in [-0.05, 0) is 30.5 Å². The molecule has 1 atom stereocenters. The largest absolute Gasteiger partial charge is 0.383 e. The lowest BCUT2D eigenvalue weighted by molar-refractivity contribution is 0.129. The first-order chi connectivity index (χ1) is 7.50. The van der Waals surface area contributed by atoms with Gasteiger partial charge in [-0.3, -0.25) is 0 Å². The van der Waals surface area contributed by atoms with Crippen LogP contribution in [0, 0.1) is 5.82 Å². The summed E-state index contributed by atoms with van der Waals surface area (Å²) in [5.41, 5.74) is 6.57. The zero-order valence-corrected chi connectivity index (χ0v) is 10.4. The predicted molar refractivity (Wildman–Crippen MR) is 64.2 cm³/mol.